The van der Waals surface area contributed by atoms with Crippen LogP contribution in [0.3, 0.4) is 0 Å². The van der Waals surface area contributed by atoms with Gasteiger partial charge >= 0.3 is 0 Å². The van der Waals surface area contributed by atoms with Gasteiger partial charge in [0.25, 0.3) is 0 Å². The van der Waals surface area contributed by atoms with Gasteiger partial charge in [0, 0.05) is 16.6 Å². The molecule has 0 radical (unpaired) electrons. The zero-order valence-electron chi connectivity index (χ0n) is 15.4. The molecule has 2 aliphatic rings. The zero-order chi connectivity index (χ0) is 17.8. The first-order valence-electron chi connectivity index (χ1n) is 9.63. The normalized spacial score (nSPS) is 20.3. The summed E-state index contributed by atoms with van der Waals surface area (Å²) in [6.45, 7) is 4.78. The van der Waals surface area contributed by atoms with Crippen molar-refractivity contribution in [2.24, 2.45) is 0 Å². The fraction of sp³-hybridized carbons (Fsp3) is 0.348. The summed E-state index contributed by atoms with van der Waals surface area (Å²) >= 11 is 0. The Morgan fingerprint density at radius 2 is 1.92 bits per heavy atom. The Morgan fingerprint density at radius 3 is 2.73 bits per heavy atom. The molecule has 3 heteroatoms. The molecule has 1 unspecified atom stereocenters. The zero-order valence-corrected chi connectivity index (χ0v) is 15.4. The molecule has 5 rings (SSSR count). The smallest absolute Gasteiger partial charge is 0.243 e. The van der Waals surface area contributed by atoms with Crippen LogP contribution in [-0.2, 0) is 17.8 Å². The molecule has 132 valence electrons. The van der Waals surface area contributed by atoms with Crippen molar-refractivity contribution in [1.82, 2.24) is 9.47 Å². The van der Waals surface area contributed by atoms with E-state index < -0.39 is 0 Å². The Hall–Kier alpha value is -2.55. The summed E-state index contributed by atoms with van der Waals surface area (Å²) in [5.41, 5.74) is 6.60. The number of aryl methyl sites for hydroxylation is 2. The van der Waals surface area contributed by atoms with E-state index in [1.807, 2.05) is 6.07 Å². The van der Waals surface area contributed by atoms with Crippen molar-refractivity contribution in [2.75, 3.05) is 0 Å². The predicted octanol–water partition coefficient (Wildman–Crippen LogP) is 4.93. The quantitative estimate of drug-likeness (QED) is 0.647. The van der Waals surface area contributed by atoms with Crippen LogP contribution in [0.25, 0.3) is 10.9 Å². The van der Waals surface area contributed by atoms with Gasteiger partial charge in [0.2, 0.25) is 5.91 Å². The average Bonchev–Trinajstić information content (AvgIpc) is 2.97. The average molecular weight is 344 g/mol. The maximum atomic E-state index is 13.2. The van der Waals surface area contributed by atoms with Crippen molar-refractivity contribution < 1.29 is 4.79 Å². The molecule has 1 amide bonds. The largest absolute Gasteiger partial charge is 0.333 e. The Balaban J connectivity index is 1.68. The second-order valence-electron chi connectivity index (χ2n) is 7.77. The third-order valence-electron chi connectivity index (χ3n) is 6.20. The van der Waals surface area contributed by atoms with Crippen LogP contribution in [-0.4, -0.2) is 15.4 Å². The van der Waals surface area contributed by atoms with Crippen LogP contribution in [0.5, 0.6) is 0 Å². The molecule has 0 bridgehead atoms. The van der Waals surface area contributed by atoms with Gasteiger partial charge in [-0.3, -0.25) is 4.79 Å². The lowest BCUT2D eigenvalue weighted by Gasteiger charge is -2.43. The molecule has 2 heterocycles. The topological polar surface area (TPSA) is 25.2 Å². The van der Waals surface area contributed by atoms with Crippen molar-refractivity contribution in [2.45, 2.75) is 51.7 Å². The third kappa shape index (κ3) is 2.16. The molecule has 3 aromatic rings. The van der Waals surface area contributed by atoms with Crippen LogP contribution < -0.4 is 0 Å². The fourth-order valence-corrected chi connectivity index (χ4v) is 5.02. The first-order chi connectivity index (χ1) is 12.6. The van der Waals surface area contributed by atoms with Crippen LogP contribution in [0, 0.1) is 6.92 Å². The van der Waals surface area contributed by atoms with Crippen LogP contribution in [0.1, 0.15) is 54.2 Å². The van der Waals surface area contributed by atoms with E-state index in [4.69, 9.17) is 0 Å². The summed E-state index contributed by atoms with van der Waals surface area (Å²) in [5.74, 6) is 0.241. The molecule has 3 nitrogen and oxygen atoms in total. The van der Waals surface area contributed by atoms with E-state index >= 15 is 0 Å². The second kappa shape index (κ2) is 5.73. The van der Waals surface area contributed by atoms with Crippen molar-refractivity contribution in [3.05, 3.63) is 70.9 Å². The number of fused-ring (bicyclic) bond motifs is 3. The van der Waals surface area contributed by atoms with Crippen LogP contribution in [0.15, 0.2) is 48.5 Å². The van der Waals surface area contributed by atoms with Crippen LogP contribution in [0.2, 0.25) is 0 Å². The van der Waals surface area contributed by atoms with Crippen molar-refractivity contribution in [1.29, 1.82) is 0 Å². The highest BCUT2D eigenvalue weighted by molar-refractivity contribution is 5.90. The molecular weight excluding hydrogens is 320 g/mol. The summed E-state index contributed by atoms with van der Waals surface area (Å²) in [6.07, 6.45) is 3.34. The Morgan fingerprint density at radius 1 is 1.12 bits per heavy atom. The van der Waals surface area contributed by atoms with Gasteiger partial charge in [-0.1, -0.05) is 42.0 Å². The summed E-state index contributed by atoms with van der Waals surface area (Å²) < 4.78 is 2.30. The number of carbonyl (C=O) groups is 1. The molecule has 2 atom stereocenters. The minimum atomic E-state index is 0.105. The lowest BCUT2D eigenvalue weighted by Crippen LogP contribution is -2.45. The van der Waals surface area contributed by atoms with Crippen LogP contribution >= 0.6 is 0 Å². The van der Waals surface area contributed by atoms with Gasteiger partial charge in [-0.2, -0.15) is 0 Å². The number of nitrogens with zero attached hydrogens (tertiary/aromatic N) is 2. The van der Waals surface area contributed by atoms with Gasteiger partial charge in [-0.25, -0.2) is 0 Å². The molecule has 0 fully saturated rings. The van der Waals surface area contributed by atoms with Crippen molar-refractivity contribution >= 4 is 16.8 Å². The first-order valence-corrected chi connectivity index (χ1v) is 9.63. The standard InChI is InChI=1S/C23H24N2O/c1-15-11-12-20-19(13-15)18-9-6-10-21-23(18)24(20)14-22(26)25(21)16(2)17-7-4-3-5-8-17/h3-5,7-8,11-13,16,21H,6,9-10,14H2,1-2H3/t16?,21-/m0/s1. The third-order valence-corrected chi connectivity index (χ3v) is 6.20. The molecule has 1 aliphatic heterocycles. The second-order valence-corrected chi connectivity index (χ2v) is 7.77. The van der Waals surface area contributed by atoms with E-state index in [2.05, 4.69) is 65.8 Å². The highest BCUT2D eigenvalue weighted by atomic mass is 16.2. The highest BCUT2D eigenvalue weighted by Crippen LogP contribution is 2.45. The molecule has 26 heavy (non-hydrogen) atoms. The Labute approximate surface area is 154 Å². The molecular formula is C23H24N2O. The van der Waals surface area contributed by atoms with Crippen molar-refractivity contribution in [3.63, 3.8) is 0 Å². The molecule has 0 saturated carbocycles. The van der Waals surface area contributed by atoms with E-state index in [1.54, 1.807) is 0 Å². The van der Waals surface area contributed by atoms with E-state index in [1.165, 1.54) is 33.3 Å². The molecule has 2 aromatic carbocycles. The van der Waals surface area contributed by atoms with E-state index in [-0.39, 0.29) is 18.0 Å². The number of carbonyl (C=O) groups excluding carboxylic acids is 1. The van der Waals surface area contributed by atoms with Gasteiger partial charge in [-0.15, -0.1) is 0 Å². The van der Waals surface area contributed by atoms with Gasteiger partial charge < -0.3 is 9.47 Å². The molecule has 0 spiro atoms. The highest BCUT2D eigenvalue weighted by Gasteiger charge is 2.40. The summed E-state index contributed by atoms with van der Waals surface area (Å²) in [5, 5.41) is 1.35. The van der Waals surface area contributed by atoms with E-state index in [0.717, 1.165) is 19.3 Å². The lowest BCUT2D eigenvalue weighted by atomic mass is 9.88. The fourth-order valence-electron chi connectivity index (χ4n) is 5.02. The minimum Gasteiger partial charge on any atom is -0.333 e. The van der Waals surface area contributed by atoms with Crippen molar-refractivity contribution in [3.8, 4) is 0 Å². The molecule has 1 aromatic heterocycles. The number of hydrogen-bond acceptors (Lipinski definition) is 1. The monoisotopic (exact) mass is 344 g/mol. The Bertz CT molecular complexity index is 1000. The summed E-state index contributed by atoms with van der Waals surface area (Å²) in [6, 6.07) is 17.4. The number of benzene rings is 2. The molecule has 0 saturated heterocycles. The summed E-state index contributed by atoms with van der Waals surface area (Å²) in [4.78, 5) is 15.3. The number of aromatic nitrogens is 1. The lowest BCUT2D eigenvalue weighted by molar-refractivity contribution is -0.139. The predicted molar refractivity (Wildman–Crippen MR) is 104 cm³/mol. The van der Waals surface area contributed by atoms with Gasteiger partial charge in [0.15, 0.2) is 0 Å². The number of rotatable bonds is 2. The summed E-state index contributed by atoms with van der Waals surface area (Å²) in [7, 11) is 0. The first kappa shape index (κ1) is 15.7. The van der Waals surface area contributed by atoms with E-state index in [0.29, 0.717) is 6.54 Å². The number of amides is 1. The van der Waals surface area contributed by atoms with E-state index in [9.17, 15) is 4.79 Å². The van der Waals surface area contributed by atoms with Crippen LogP contribution in [0.4, 0.5) is 0 Å². The Kier molecular flexibility index (Phi) is 3.46. The van der Waals surface area contributed by atoms with Gasteiger partial charge in [0.1, 0.15) is 6.54 Å². The SMILES string of the molecule is Cc1ccc2c(c1)c1c3n2CC(=O)N(C(C)c2ccccc2)[C@H]3CCC1. The van der Waals surface area contributed by atoms with Gasteiger partial charge in [0.05, 0.1) is 12.1 Å². The van der Waals surface area contributed by atoms with Gasteiger partial charge in [-0.05, 0) is 56.4 Å². The molecule has 1 aliphatic carbocycles. The maximum Gasteiger partial charge on any atom is 0.243 e. The minimum absolute atomic E-state index is 0.105. The maximum absolute atomic E-state index is 13.2. The number of hydrogen-bond donors (Lipinski definition) is 0. The molecule has 0 N–H and O–H groups in total.